The maximum atomic E-state index is 4.25. The van der Waals surface area contributed by atoms with Gasteiger partial charge in [-0.1, -0.05) is 54.6 Å². The lowest BCUT2D eigenvalue weighted by Gasteiger charge is -2.04. The zero-order chi connectivity index (χ0) is 13.8. The summed E-state index contributed by atoms with van der Waals surface area (Å²) in [6.45, 7) is 0. The third kappa shape index (κ3) is 2.73. The van der Waals surface area contributed by atoms with Crippen LogP contribution in [-0.4, -0.2) is 16.5 Å². The lowest BCUT2D eigenvalue weighted by Crippen LogP contribution is -1.88. The van der Waals surface area contributed by atoms with Crippen molar-refractivity contribution in [3.63, 3.8) is 0 Å². The Bertz CT molecular complexity index is 676. The lowest BCUT2D eigenvalue weighted by atomic mass is 10.0. The molecular formula is C17H14N2S. The highest BCUT2D eigenvalue weighted by molar-refractivity contribution is 7.98. The minimum Gasteiger partial charge on any atom is -0.149 e. The van der Waals surface area contributed by atoms with Gasteiger partial charge in [-0.25, -0.2) is 0 Å². The molecule has 0 bridgehead atoms. The number of rotatable bonds is 3. The van der Waals surface area contributed by atoms with Crippen molar-refractivity contribution >= 4 is 11.8 Å². The van der Waals surface area contributed by atoms with Gasteiger partial charge in [-0.05, 0) is 29.5 Å². The maximum Gasteiger partial charge on any atom is 0.119 e. The molecule has 3 heteroatoms. The van der Waals surface area contributed by atoms with Crippen molar-refractivity contribution in [3.05, 3.63) is 66.7 Å². The predicted molar refractivity (Wildman–Crippen MR) is 84.7 cm³/mol. The first-order chi connectivity index (χ1) is 9.86. The van der Waals surface area contributed by atoms with Gasteiger partial charge >= 0.3 is 0 Å². The first-order valence-corrected chi connectivity index (χ1v) is 7.63. The Morgan fingerprint density at radius 2 is 1.30 bits per heavy atom. The number of hydrogen-bond acceptors (Lipinski definition) is 3. The van der Waals surface area contributed by atoms with Crippen molar-refractivity contribution in [2.75, 3.05) is 6.26 Å². The number of aromatic nitrogens is 2. The molecule has 1 heterocycles. The first kappa shape index (κ1) is 12.9. The van der Waals surface area contributed by atoms with Gasteiger partial charge in [-0.3, -0.25) is 0 Å². The molecule has 0 aliphatic carbocycles. The van der Waals surface area contributed by atoms with Crippen molar-refractivity contribution in [2.45, 2.75) is 5.03 Å². The Labute approximate surface area is 122 Å². The van der Waals surface area contributed by atoms with Gasteiger partial charge in [-0.2, -0.15) is 0 Å². The highest BCUT2D eigenvalue weighted by Gasteiger charge is 2.02. The van der Waals surface area contributed by atoms with Gasteiger partial charge in [0.05, 0.1) is 5.69 Å². The average molecular weight is 278 g/mol. The van der Waals surface area contributed by atoms with Gasteiger partial charge in [-0.15, -0.1) is 22.0 Å². The fraction of sp³-hybridized carbons (Fsp3) is 0.0588. The third-order valence-electron chi connectivity index (χ3n) is 3.14. The van der Waals surface area contributed by atoms with Crippen LogP contribution in [0.4, 0.5) is 0 Å². The van der Waals surface area contributed by atoms with Crippen LogP contribution in [0.3, 0.4) is 0 Å². The fourth-order valence-electron chi connectivity index (χ4n) is 2.05. The van der Waals surface area contributed by atoms with Crippen molar-refractivity contribution in [3.8, 4) is 22.4 Å². The van der Waals surface area contributed by atoms with E-state index in [2.05, 4.69) is 58.7 Å². The van der Waals surface area contributed by atoms with Crippen LogP contribution in [0.2, 0.25) is 0 Å². The van der Waals surface area contributed by atoms with E-state index in [1.165, 1.54) is 11.1 Å². The zero-order valence-corrected chi connectivity index (χ0v) is 12.0. The minimum atomic E-state index is 0.905. The van der Waals surface area contributed by atoms with Crippen LogP contribution in [0.15, 0.2) is 71.8 Å². The van der Waals surface area contributed by atoms with E-state index in [1.807, 2.05) is 24.5 Å². The highest BCUT2D eigenvalue weighted by Crippen LogP contribution is 2.23. The van der Waals surface area contributed by atoms with Gasteiger partial charge in [0.25, 0.3) is 0 Å². The monoisotopic (exact) mass is 278 g/mol. The Morgan fingerprint density at radius 3 is 1.90 bits per heavy atom. The SMILES string of the molecule is CSc1ccc(-c2ccc(-c3ccccc3)cc2)nn1. The second-order valence-corrected chi connectivity index (χ2v) is 5.23. The molecule has 0 saturated heterocycles. The minimum absolute atomic E-state index is 0.905. The third-order valence-corrected chi connectivity index (χ3v) is 3.77. The van der Waals surface area contributed by atoms with Crippen LogP contribution in [0.25, 0.3) is 22.4 Å². The molecule has 0 N–H and O–H groups in total. The van der Waals surface area contributed by atoms with Gasteiger partial charge < -0.3 is 0 Å². The van der Waals surface area contributed by atoms with Crippen molar-refractivity contribution in [2.24, 2.45) is 0 Å². The van der Waals surface area contributed by atoms with E-state index in [9.17, 15) is 0 Å². The second-order valence-electron chi connectivity index (χ2n) is 4.40. The molecule has 0 aliphatic rings. The van der Waals surface area contributed by atoms with Crippen LogP contribution in [0.1, 0.15) is 0 Å². The van der Waals surface area contributed by atoms with E-state index in [0.29, 0.717) is 0 Å². The molecule has 3 rings (SSSR count). The van der Waals surface area contributed by atoms with E-state index in [1.54, 1.807) is 11.8 Å². The summed E-state index contributed by atoms with van der Waals surface area (Å²) in [6, 6.07) is 22.8. The summed E-state index contributed by atoms with van der Waals surface area (Å²) in [5.74, 6) is 0. The van der Waals surface area contributed by atoms with Crippen molar-refractivity contribution in [1.29, 1.82) is 0 Å². The van der Waals surface area contributed by atoms with Crippen LogP contribution in [0, 0.1) is 0 Å². The normalized spacial score (nSPS) is 10.4. The molecule has 0 amide bonds. The summed E-state index contributed by atoms with van der Waals surface area (Å²) in [5.41, 5.74) is 4.43. The average Bonchev–Trinajstić information content (AvgIpc) is 2.56. The molecule has 0 radical (unpaired) electrons. The first-order valence-electron chi connectivity index (χ1n) is 6.40. The number of hydrogen-bond donors (Lipinski definition) is 0. The number of thioether (sulfide) groups is 1. The Kier molecular flexibility index (Phi) is 3.79. The van der Waals surface area contributed by atoms with E-state index >= 15 is 0 Å². The summed E-state index contributed by atoms with van der Waals surface area (Å²) >= 11 is 1.60. The molecule has 98 valence electrons. The molecule has 2 aromatic carbocycles. The topological polar surface area (TPSA) is 25.8 Å². The molecule has 3 aromatic rings. The molecule has 20 heavy (non-hydrogen) atoms. The van der Waals surface area contributed by atoms with Crippen LogP contribution in [0.5, 0.6) is 0 Å². The summed E-state index contributed by atoms with van der Waals surface area (Å²) in [4.78, 5) is 0. The quantitative estimate of drug-likeness (QED) is 0.658. The molecule has 0 fully saturated rings. The molecular weight excluding hydrogens is 264 g/mol. The molecule has 0 aliphatic heterocycles. The van der Waals surface area contributed by atoms with Crippen molar-refractivity contribution in [1.82, 2.24) is 10.2 Å². The molecule has 0 spiro atoms. The Hall–Kier alpha value is -2.13. The van der Waals surface area contributed by atoms with Crippen molar-refractivity contribution < 1.29 is 0 Å². The number of nitrogens with zero attached hydrogens (tertiary/aromatic N) is 2. The maximum absolute atomic E-state index is 4.25. The van der Waals surface area contributed by atoms with Gasteiger partial charge in [0, 0.05) is 5.56 Å². The van der Waals surface area contributed by atoms with Crippen LogP contribution < -0.4 is 0 Å². The number of benzene rings is 2. The van der Waals surface area contributed by atoms with E-state index in [4.69, 9.17) is 0 Å². The largest absolute Gasteiger partial charge is 0.149 e. The van der Waals surface area contributed by atoms with Gasteiger partial charge in [0.15, 0.2) is 0 Å². The fourth-order valence-corrected chi connectivity index (χ4v) is 2.37. The molecule has 2 nitrogen and oxygen atoms in total. The standard InChI is InChI=1S/C17H14N2S/c1-20-17-12-11-16(18-19-17)15-9-7-14(8-10-15)13-5-3-2-4-6-13/h2-12H,1H3. The highest BCUT2D eigenvalue weighted by atomic mass is 32.2. The summed E-state index contributed by atoms with van der Waals surface area (Å²) in [5, 5.41) is 9.36. The molecule has 1 aromatic heterocycles. The zero-order valence-electron chi connectivity index (χ0n) is 11.2. The molecule has 0 atom stereocenters. The van der Waals surface area contributed by atoms with E-state index in [0.717, 1.165) is 16.3 Å². The summed E-state index contributed by atoms with van der Waals surface area (Å²) < 4.78 is 0. The van der Waals surface area contributed by atoms with Gasteiger partial charge in [0.1, 0.15) is 5.03 Å². The lowest BCUT2D eigenvalue weighted by molar-refractivity contribution is 0.937. The summed E-state index contributed by atoms with van der Waals surface area (Å²) in [6.07, 6.45) is 2.00. The summed E-state index contributed by atoms with van der Waals surface area (Å²) in [7, 11) is 0. The predicted octanol–water partition coefficient (Wildman–Crippen LogP) is 4.53. The van der Waals surface area contributed by atoms with E-state index in [-0.39, 0.29) is 0 Å². The smallest absolute Gasteiger partial charge is 0.119 e. The second kappa shape index (κ2) is 5.88. The Morgan fingerprint density at radius 1 is 0.650 bits per heavy atom. The molecule has 0 unspecified atom stereocenters. The van der Waals surface area contributed by atoms with Crippen LogP contribution >= 0.6 is 11.8 Å². The molecule has 0 saturated carbocycles. The van der Waals surface area contributed by atoms with Gasteiger partial charge in [0.2, 0.25) is 0 Å². The van der Waals surface area contributed by atoms with E-state index < -0.39 is 0 Å². The Balaban J connectivity index is 1.89. The van der Waals surface area contributed by atoms with Crippen LogP contribution in [-0.2, 0) is 0 Å².